The van der Waals surface area contributed by atoms with Crippen LogP contribution in [0.4, 0.5) is 0 Å². The van der Waals surface area contributed by atoms with E-state index in [1.807, 2.05) is 0 Å². The average Bonchev–Trinajstić information content (AvgIpc) is 2.33. The van der Waals surface area contributed by atoms with E-state index in [0.717, 1.165) is 25.6 Å². The van der Waals surface area contributed by atoms with E-state index in [-0.39, 0.29) is 0 Å². The van der Waals surface area contributed by atoms with Gasteiger partial charge in [0.2, 0.25) is 0 Å². The van der Waals surface area contributed by atoms with Crippen LogP contribution in [0.15, 0.2) is 0 Å². The van der Waals surface area contributed by atoms with Gasteiger partial charge in [0.15, 0.2) is 0 Å². The van der Waals surface area contributed by atoms with Crippen molar-refractivity contribution in [3.8, 4) is 0 Å². The standard InChI is InChI=1S/C14H29NO/c1-3-5-6-7-10-14-13(12-15-4-2)9-8-11-16-14/h13-15H,3-12H2,1-2H3. The lowest BCUT2D eigenvalue weighted by Gasteiger charge is -2.32. The molecule has 0 bridgehead atoms. The first kappa shape index (κ1) is 14.0. The van der Waals surface area contributed by atoms with Gasteiger partial charge in [-0.05, 0) is 31.7 Å². The van der Waals surface area contributed by atoms with Crippen molar-refractivity contribution in [1.82, 2.24) is 5.32 Å². The highest BCUT2D eigenvalue weighted by Crippen LogP contribution is 2.24. The summed E-state index contributed by atoms with van der Waals surface area (Å²) in [6.07, 6.45) is 9.84. The Labute approximate surface area is 101 Å². The van der Waals surface area contributed by atoms with Crippen molar-refractivity contribution >= 4 is 0 Å². The van der Waals surface area contributed by atoms with Gasteiger partial charge in [0.05, 0.1) is 6.10 Å². The summed E-state index contributed by atoms with van der Waals surface area (Å²) in [5.41, 5.74) is 0. The SMILES string of the molecule is CCCCCCC1OCCCC1CNCC. The maximum absolute atomic E-state index is 5.93. The number of hydrogen-bond donors (Lipinski definition) is 1. The third kappa shape index (κ3) is 5.31. The van der Waals surface area contributed by atoms with Gasteiger partial charge < -0.3 is 10.1 Å². The van der Waals surface area contributed by atoms with Gasteiger partial charge in [-0.1, -0.05) is 39.5 Å². The lowest BCUT2D eigenvalue weighted by Crippen LogP contribution is -2.36. The fourth-order valence-corrected chi connectivity index (χ4v) is 2.56. The van der Waals surface area contributed by atoms with Gasteiger partial charge >= 0.3 is 0 Å². The summed E-state index contributed by atoms with van der Waals surface area (Å²) in [6.45, 7) is 7.67. The van der Waals surface area contributed by atoms with E-state index < -0.39 is 0 Å². The summed E-state index contributed by atoms with van der Waals surface area (Å²) in [7, 11) is 0. The van der Waals surface area contributed by atoms with Crippen molar-refractivity contribution in [2.45, 2.75) is 64.9 Å². The lowest BCUT2D eigenvalue weighted by atomic mass is 9.90. The molecule has 0 saturated carbocycles. The van der Waals surface area contributed by atoms with Gasteiger partial charge in [-0.3, -0.25) is 0 Å². The molecule has 1 fully saturated rings. The molecule has 0 radical (unpaired) electrons. The van der Waals surface area contributed by atoms with Crippen LogP contribution in [0.25, 0.3) is 0 Å². The molecule has 0 amide bonds. The number of rotatable bonds is 8. The summed E-state index contributed by atoms with van der Waals surface area (Å²) in [6, 6.07) is 0. The quantitative estimate of drug-likeness (QED) is 0.642. The Balaban J connectivity index is 2.18. The molecule has 0 aliphatic carbocycles. The summed E-state index contributed by atoms with van der Waals surface area (Å²) < 4.78 is 5.93. The van der Waals surface area contributed by atoms with Crippen LogP contribution in [-0.4, -0.2) is 25.8 Å². The van der Waals surface area contributed by atoms with Crippen molar-refractivity contribution in [1.29, 1.82) is 0 Å². The van der Waals surface area contributed by atoms with Crippen LogP contribution < -0.4 is 5.32 Å². The van der Waals surface area contributed by atoms with Gasteiger partial charge in [-0.25, -0.2) is 0 Å². The Morgan fingerprint density at radius 1 is 1.19 bits per heavy atom. The summed E-state index contributed by atoms with van der Waals surface area (Å²) in [4.78, 5) is 0. The zero-order valence-electron chi connectivity index (χ0n) is 11.1. The largest absolute Gasteiger partial charge is 0.378 e. The molecule has 1 aliphatic rings. The molecule has 0 spiro atoms. The zero-order valence-corrected chi connectivity index (χ0v) is 11.1. The summed E-state index contributed by atoms with van der Waals surface area (Å²) in [5.74, 6) is 0.760. The van der Waals surface area contributed by atoms with E-state index in [4.69, 9.17) is 4.74 Å². The molecule has 1 aliphatic heterocycles. The highest BCUT2D eigenvalue weighted by atomic mass is 16.5. The second kappa shape index (κ2) is 9.00. The van der Waals surface area contributed by atoms with Crippen LogP contribution in [-0.2, 0) is 4.74 Å². The third-order valence-electron chi connectivity index (χ3n) is 3.58. The maximum atomic E-state index is 5.93. The molecule has 1 N–H and O–H groups in total. The van der Waals surface area contributed by atoms with Crippen LogP contribution in [0.2, 0.25) is 0 Å². The molecule has 2 unspecified atom stereocenters. The molecule has 0 aromatic rings. The first-order valence-corrected chi connectivity index (χ1v) is 7.20. The Kier molecular flexibility index (Phi) is 7.87. The minimum Gasteiger partial charge on any atom is -0.378 e. The van der Waals surface area contributed by atoms with E-state index in [1.165, 1.54) is 44.9 Å². The van der Waals surface area contributed by atoms with Crippen molar-refractivity contribution in [2.75, 3.05) is 19.7 Å². The first-order chi connectivity index (χ1) is 7.88. The third-order valence-corrected chi connectivity index (χ3v) is 3.58. The normalized spacial score (nSPS) is 25.9. The molecule has 1 rings (SSSR count). The van der Waals surface area contributed by atoms with Crippen molar-refractivity contribution < 1.29 is 4.74 Å². The molecule has 0 aromatic carbocycles. The first-order valence-electron chi connectivity index (χ1n) is 7.20. The van der Waals surface area contributed by atoms with Crippen LogP contribution in [0.5, 0.6) is 0 Å². The predicted octanol–water partition coefficient (Wildman–Crippen LogP) is 3.36. The fraction of sp³-hybridized carbons (Fsp3) is 1.00. The number of ether oxygens (including phenoxy) is 1. The molecular weight excluding hydrogens is 198 g/mol. The Morgan fingerprint density at radius 3 is 2.81 bits per heavy atom. The monoisotopic (exact) mass is 227 g/mol. The Morgan fingerprint density at radius 2 is 2.06 bits per heavy atom. The molecule has 2 atom stereocenters. The number of unbranched alkanes of at least 4 members (excludes halogenated alkanes) is 3. The van der Waals surface area contributed by atoms with Gasteiger partial charge in [-0.2, -0.15) is 0 Å². The zero-order chi connectivity index (χ0) is 11.6. The highest BCUT2D eigenvalue weighted by molar-refractivity contribution is 4.76. The summed E-state index contributed by atoms with van der Waals surface area (Å²) in [5, 5.41) is 3.47. The molecule has 16 heavy (non-hydrogen) atoms. The fourth-order valence-electron chi connectivity index (χ4n) is 2.56. The number of nitrogens with one attached hydrogen (secondary N) is 1. The molecule has 96 valence electrons. The van der Waals surface area contributed by atoms with Crippen LogP contribution >= 0.6 is 0 Å². The van der Waals surface area contributed by atoms with Crippen molar-refractivity contribution in [3.05, 3.63) is 0 Å². The average molecular weight is 227 g/mol. The molecule has 2 heteroatoms. The second-order valence-corrected chi connectivity index (χ2v) is 4.97. The van der Waals surface area contributed by atoms with Crippen LogP contribution in [0, 0.1) is 5.92 Å². The minimum absolute atomic E-state index is 0.532. The smallest absolute Gasteiger partial charge is 0.0615 e. The van der Waals surface area contributed by atoms with Gasteiger partial charge in [0, 0.05) is 13.2 Å². The maximum Gasteiger partial charge on any atom is 0.0615 e. The Hall–Kier alpha value is -0.0800. The number of hydrogen-bond acceptors (Lipinski definition) is 2. The van der Waals surface area contributed by atoms with E-state index in [2.05, 4.69) is 19.2 Å². The second-order valence-electron chi connectivity index (χ2n) is 4.97. The van der Waals surface area contributed by atoms with Gasteiger partial charge in [-0.15, -0.1) is 0 Å². The van der Waals surface area contributed by atoms with E-state index in [0.29, 0.717) is 6.10 Å². The lowest BCUT2D eigenvalue weighted by molar-refractivity contribution is -0.0312. The summed E-state index contributed by atoms with van der Waals surface area (Å²) >= 11 is 0. The van der Waals surface area contributed by atoms with Crippen LogP contribution in [0.1, 0.15) is 58.8 Å². The van der Waals surface area contributed by atoms with E-state index >= 15 is 0 Å². The molecule has 0 aromatic heterocycles. The minimum atomic E-state index is 0.532. The van der Waals surface area contributed by atoms with Crippen molar-refractivity contribution in [2.24, 2.45) is 5.92 Å². The van der Waals surface area contributed by atoms with E-state index in [1.54, 1.807) is 0 Å². The van der Waals surface area contributed by atoms with E-state index in [9.17, 15) is 0 Å². The predicted molar refractivity (Wildman–Crippen MR) is 69.8 cm³/mol. The van der Waals surface area contributed by atoms with Gasteiger partial charge in [0.25, 0.3) is 0 Å². The van der Waals surface area contributed by atoms with Crippen LogP contribution in [0.3, 0.4) is 0 Å². The molecule has 1 saturated heterocycles. The van der Waals surface area contributed by atoms with Gasteiger partial charge in [0.1, 0.15) is 0 Å². The highest BCUT2D eigenvalue weighted by Gasteiger charge is 2.24. The molecular formula is C14H29NO. The molecule has 1 heterocycles. The topological polar surface area (TPSA) is 21.3 Å². The molecule has 2 nitrogen and oxygen atoms in total. The Bertz CT molecular complexity index is 161. The van der Waals surface area contributed by atoms with Crippen molar-refractivity contribution in [3.63, 3.8) is 0 Å².